The largest absolute Gasteiger partial charge is 0.490 e. The average molecular weight is 331 g/mol. The zero-order chi connectivity index (χ0) is 16.1. The standard InChI is InChI=1S/C18H21NO3S/c1-2-21-15-8-3-4-9-16(15)22-13-18(20)19-11-5-7-14(19)17-10-6-12-23-17/h3-4,6,8-10,12,14H,2,5,7,11,13H2,1H3. The third-order valence-electron chi connectivity index (χ3n) is 3.94. The molecule has 4 nitrogen and oxygen atoms in total. The molecule has 23 heavy (non-hydrogen) atoms. The van der Waals surface area contributed by atoms with Crippen LogP contribution < -0.4 is 9.47 Å². The lowest BCUT2D eigenvalue weighted by Gasteiger charge is -2.24. The molecule has 0 spiro atoms. The van der Waals surface area contributed by atoms with Gasteiger partial charge in [-0.25, -0.2) is 0 Å². The highest BCUT2D eigenvalue weighted by atomic mass is 32.1. The molecule has 1 aromatic heterocycles. The number of benzene rings is 1. The fourth-order valence-corrected chi connectivity index (χ4v) is 3.78. The van der Waals surface area contributed by atoms with Gasteiger partial charge in [-0.3, -0.25) is 4.79 Å². The predicted molar refractivity (Wildman–Crippen MR) is 91.1 cm³/mol. The topological polar surface area (TPSA) is 38.8 Å². The van der Waals surface area contributed by atoms with Crippen LogP contribution in [-0.2, 0) is 4.79 Å². The van der Waals surface area contributed by atoms with Crippen LogP contribution >= 0.6 is 11.3 Å². The zero-order valence-corrected chi connectivity index (χ0v) is 14.1. The molecule has 3 rings (SSSR count). The van der Waals surface area contributed by atoms with Crippen LogP contribution in [0.15, 0.2) is 41.8 Å². The Morgan fingerprint density at radius 1 is 1.22 bits per heavy atom. The molecule has 0 saturated carbocycles. The number of ether oxygens (including phenoxy) is 2. The maximum atomic E-state index is 12.6. The maximum Gasteiger partial charge on any atom is 0.261 e. The van der Waals surface area contributed by atoms with E-state index in [1.807, 2.05) is 42.2 Å². The van der Waals surface area contributed by atoms with Gasteiger partial charge in [-0.2, -0.15) is 0 Å². The molecule has 0 bridgehead atoms. The van der Waals surface area contributed by atoms with Gasteiger partial charge in [0.1, 0.15) is 0 Å². The summed E-state index contributed by atoms with van der Waals surface area (Å²) in [4.78, 5) is 15.8. The van der Waals surface area contributed by atoms with E-state index in [1.165, 1.54) is 4.88 Å². The molecular formula is C18H21NO3S. The van der Waals surface area contributed by atoms with Crippen molar-refractivity contribution in [2.45, 2.75) is 25.8 Å². The van der Waals surface area contributed by atoms with Crippen molar-refractivity contribution in [3.8, 4) is 11.5 Å². The van der Waals surface area contributed by atoms with Gasteiger partial charge >= 0.3 is 0 Å². The molecule has 1 saturated heterocycles. The Balaban J connectivity index is 1.63. The van der Waals surface area contributed by atoms with Crippen molar-refractivity contribution in [3.05, 3.63) is 46.7 Å². The number of carbonyl (C=O) groups is 1. The molecule has 1 aliphatic rings. The van der Waals surface area contributed by atoms with E-state index in [9.17, 15) is 4.79 Å². The number of likely N-dealkylation sites (tertiary alicyclic amines) is 1. The van der Waals surface area contributed by atoms with Gasteiger partial charge in [0.15, 0.2) is 18.1 Å². The van der Waals surface area contributed by atoms with Gasteiger partial charge in [0.25, 0.3) is 5.91 Å². The molecule has 0 N–H and O–H groups in total. The van der Waals surface area contributed by atoms with Crippen LogP contribution in [0, 0.1) is 0 Å². The van der Waals surface area contributed by atoms with Crippen molar-refractivity contribution in [1.82, 2.24) is 4.90 Å². The number of nitrogens with zero attached hydrogens (tertiary/aromatic N) is 1. The molecule has 1 amide bonds. The summed E-state index contributed by atoms with van der Waals surface area (Å²) in [6, 6.07) is 11.8. The summed E-state index contributed by atoms with van der Waals surface area (Å²) in [5.41, 5.74) is 0. The van der Waals surface area contributed by atoms with E-state index in [0.717, 1.165) is 19.4 Å². The number of hydrogen-bond acceptors (Lipinski definition) is 4. The lowest BCUT2D eigenvalue weighted by Crippen LogP contribution is -2.34. The lowest BCUT2D eigenvalue weighted by atomic mass is 10.2. The predicted octanol–water partition coefficient (Wildman–Crippen LogP) is 3.89. The number of carbonyl (C=O) groups excluding carboxylic acids is 1. The maximum absolute atomic E-state index is 12.6. The van der Waals surface area contributed by atoms with E-state index >= 15 is 0 Å². The summed E-state index contributed by atoms with van der Waals surface area (Å²) in [5.74, 6) is 1.33. The smallest absolute Gasteiger partial charge is 0.261 e. The molecule has 2 heterocycles. The summed E-state index contributed by atoms with van der Waals surface area (Å²) >= 11 is 1.71. The first kappa shape index (κ1) is 15.9. The van der Waals surface area contributed by atoms with Crippen molar-refractivity contribution in [2.75, 3.05) is 19.8 Å². The Bertz CT molecular complexity index is 641. The fraction of sp³-hybridized carbons (Fsp3) is 0.389. The van der Waals surface area contributed by atoms with Gasteiger partial charge < -0.3 is 14.4 Å². The second-order valence-corrected chi connectivity index (χ2v) is 6.41. The van der Waals surface area contributed by atoms with Crippen LogP contribution in [0.4, 0.5) is 0 Å². The number of para-hydroxylation sites is 2. The van der Waals surface area contributed by atoms with Crippen LogP contribution in [0.1, 0.15) is 30.7 Å². The highest BCUT2D eigenvalue weighted by molar-refractivity contribution is 7.10. The number of rotatable bonds is 6. The molecule has 1 aromatic carbocycles. The van der Waals surface area contributed by atoms with E-state index in [2.05, 4.69) is 11.4 Å². The van der Waals surface area contributed by atoms with Gasteiger partial charge in [0, 0.05) is 11.4 Å². The first-order valence-corrected chi connectivity index (χ1v) is 8.85. The van der Waals surface area contributed by atoms with Gasteiger partial charge in [-0.1, -0.05) is 18.2 Å². The van der Waals surface area contributed by atoms with Crippen molar-refractivity contribution in [1.29, 1.82) is 0 Å². The van der Waals surface area contributed by atoms with Gasteiger partial charge in [-0.05, 0) is 43.3 Å². The SMILES string of the molecule is CCOc1ccccc1OCC(=O)N1CCCC1c1cccs1. The minimum absolute atomic E-state index is 0.0344. The molecule has 2 aromatic rings. The Labute approximate surface area is 140 Å². The third-order valence-corrected chi connectivity index (χ3v) is 4.92. The normalized spacial score (nSPS) is 17.3. The van der Waals surface area contributed by atoms with Gasteiger partial charge in [0.2, 0.25) is 0 Å². The monoisotopic (exact) mass is 331 g/mol. The minimum atomic E-state index is 0.0344. The Morgan fingerprint density at radius 3 is 2.70 bits per heavy atom. The average Bonchev–Trinajstić information content (AvgIpc) is 3.24. The highest BCUT2D eigenvalue weighted by Gasteiger charge is 2.30. The van der Waals surface area contributed by atoms with Crippen LogP contribution in [0.5, 0.6) is 11.5 Å². The second-order valence-electron chi connectivity index (χ2n) is 5.43. The zero-order valence-electron chi connectivity index (χ0n) is 13.2. The molecule has 1 unspecified atom stereocenters. The van der Waals surface area contributed by atoms with E-state index < -0.39 is 0 Å². The summed E-state index contributed by atoms with van der Waals surface area (Å²) in [6.07, 6.45) is 2.08. The highest BCUT2D eigenvalue weighted by Crippen LogP contribution is 2.34. The van der Waals surface area contributed by atoms with Crippen LogP contribution in [-0.4, -0.2) is 30.6 Å². The fourth-order valence-electron chi connectivity index (χ4n) is 2.91. The van der Waals surface area contributed by atoms with Crippen molar-refractivity contribution >= 4 is 17.2 Å². The molecule has 5 heteroatoms. The van der Waals surface area contributed by atoms with Gasteiger partial charge in [0.05, 0.1) is 12.6 Å². The van der Waals surface area contributed by atoms with E-state index in [0.29, 0.717) is 18.1 Å². The van der Waals surface area contributed by atoms with Crippen LogP contribution in [0.3, 0.4) is 0 Å². The summed E-state index contributed by atoms with van der Waals surface area (Å²) in [7, 11) is 0. The Morgan fingerprint density at radius 2 is 2.00 bits per heavy atom. The lowest BCUT2D eigenvalue weighted by molar-refractivity contribution is -0.134. The molecule has 1 atom stereocenters. The van der Waals surface area contributed by atoms with E-state index in [1.54, 1.807) is 11.3 Å². The minimum Gasteiger partial charge on any atom is -0.490 e. The molecule has 1 aliphatic heterocycles. The summed E-state index contributed by atoms with van der Waals surface area (Å²) < 4.78 is 11.2. The Kier molecular flexibility index (Phi) is 5.18. The number of thiophene rings is 1. The molecular weight excluding hydrogens is 310 g/mol. The quantitative estimate of drug-likeness (QED) is 0.806. The first-order chi connectivity index (χ1) is 11.3. The second kappa shape index (κ2) is 7.51. The summed E-state index contributed by atoms with van der Waals surface area (Å²) in [6.45, 7) is 3.35. The molecule has 1 fully saturated rings. The van der Waals surface area contributed by atoms with Gasteiger partial charge in [-0.15, -0.1) is 11.3 Å². The third kappa shape index (κ3) is 3.67. The van der Waals surface area contributed by atoms with Crippen molar-refractivity contribution in [2.24, 2.45) is 0 Å². The van der Waals surface area contributed by atoms with Crippen LogP contribution in [0.2, 0.25) is 0 Å². The van der Waals surface area contributed by atoms with E-state index in [4.69, 9.17) is 9.47 Å². The van der Waals surface area contributed by atoms with Crippen molar-refractivity contribution < 1.29 is 14.3 Å². The molecule has 0 radical (unpaired) electrons. The number of amides is 1. The van der Waals surface area contributed by atoms with Crippen molar-refractivity contribution in [3.63, 3.8) is 0 Å². The van der Waals surface area contributed by atoms with E-state index in [-0.39, 0.29) is 18.6 Å². The van der Waals surface area contributed by atoms with Crippen LogP contribution in [0.25, 0.3) is 0 Å². The molecule has 122 valence electrons. The first-order valence-electron chi connectivity index (χ1n) is 7.97. The molecule has 0 aliphatic carbocycles. The Hall–Kier alpha value is -2.01. The summed E-state index contributed by atoms with van der Waals surface area (Å²) in [5, 5.41) is 2.06. The number of hydrogen-bond donors (Lipinski definition) is 0.